The summed E-state index contributed by atoms with van der Waals surface area (Å²) in [6.45, 7) is 6.48. The van der Waals surface area contributed by atoms with E-state index in [0.717, 1.165) is 49.4 Å². The largest absolute Gasteiger partial charge is 0.346 e. The van der Waals surface area contributed by atoms with Crippen LogP contribution in [0.1, 0.15) is 17.3 Å². The van der Waals surface area contributed by atoms with Crippen molar-refractivity contribution in [3.63, 3.8) is 0 Å². The summed E-state index contributed by atoms with van der Waals surface area (Å²) in [5.74, 6) is -0.215. The lowest BCUT2D eigenvalue weighted by molar-refractivity contribution is -0.122. The summed E-state index contributed by atoms with van der Waals surface area (Å²) in [6.07, 6.45) is 0. The van der Waals surface area contributed by atoms with Crippen LogP contribution in [0.4, 0.5) is 0 Å². The molecule has 7 nitrogen and oxygen atoms in total. The van der Waals surface area contributed by atoms with Gasteiger partial charge in [0.05, 0.1) is 17.1 Å². The summed E-state index contributed by atoms with van der Waals surface area (Å²) in [4.78, 5) is 30.5. The van der Waals surface area contributed by atoms with Crippen molar-refractivity contribution in [2.45, 2.75) is 19.5 Å². The van der Waals surface area contributed by atoms with Gasteiger partial charge in [-0.15, -0.1) is 0 Å². The molecule has 0 radical (unpaired) electrons. The van der Waals surface area contributed by atoms with E-state index in [1.165, 1.54) is 4.68 Å². The Bertz CT molecular complexity index is 1100. The lowest BCUT2D eigenvalue weighted by Gasteiger charge is -2.35. The van der Waals surface area contributed by atoms with Crippen LogP contribution in [-0.2, 0) is 11.3 Å². The minimum atomic E-state index is -0.244. The molecule has 31 heavy (non-hydrogen) atoms. The second-order valence-corrected chi connectivity index (χ2v) is 8.23. The van der Waals surface area contributed by atoms with Crippen LogP contribution in [0.3, 0.4) is 0 Å². The van der Waals surface area contributed by atoms with E-state index in [1.807, 2.05) is 55.5 Å². The van der Waals surface area contributed by atoms with Crippen molar-refractivity contribution < 1.29 is 4.79 Å². The van der Waals surface area contributed by atoms with Crippen molar-refractivity contribution in [3.8, 4) is 0 Å². The number of hydrogen-bond donors (Lipinski definition) is 1. The number of carbonyl (C=O) groups excluding carboxylic acids is 1. The Kier molecular flexibility index (Phi) is 6.44. The van der Waals surface area contributed by atoms with E-state index in [1.54, 1.807) is 6.07 Å². The van der Waals surface area contributed by atoms with E-state index in [-0.39, 0.29) is 24.1 Å². The van der Waals surface area contributed by atoms with Gasteiger partial charge in [-0.3, -0.25) is 14.5 Å². The average Bonchev–Trinajstić information content (AvgIpc) is 2.79. The summed E-state index contributed by atoms with van der Waals surface area (Å²) in [5.41, 5.74) is 1.55. The fourth-order valence-electron chi connectivity index (χ4n) is 4.10. The van der Waals surface area contributed by atoms with Crippen molar-refractivity contribution in [1.82, 2.24) is 24.9 Å². The van der Waals surface area contributed by atoms with Gasteiger partial charge in [-0.05, 0) is 25.6 Å². The summed E-state index contributed by atoms with van der Waals surface area (Å²) in [5, 5.41) is 8.92. The molecule has 3 aromatic rings. The van der Waals surface area contributed by atoms with Crippen LogP contribution >= 0.6 is 0 Å². The number of nitrogens with zero attached hydrogens (tertiary/aromatic N) is 4. The number of aromatic nitrogens is 2. The SMILES string of the molecule is Cc1nn(CC(=O)NC(CN2CCN(C)CC2)c2ccccc2)c(=O)c2ccccc12. The van der Waals surface area contributed by atoms with E-state index in [4.69, 9.17) is 0 Å². The van der Waals surface area contributed by atoms with Crippen LogP contribution < -0.4 is 10.9 Å². The minimum absolute atomic E-state index is 0.101. The van der Waals surface area contributed by atoms with Gasteiger partial charge in [0.2, 0.25) is 5.91 Å². The monoisotopic (exact) mass is 419 g/mol. The molecule has 1 aliphatic rings. The zero-order valence-corrected chi connectivity index (χ0v) is 18.1. The smallest absolute Gasteiger partial charge is 0.275 e. The Balaban J connectivity index is 1.52. The zero-order valence-electron chi connectivity index (χ0n) is 18.1. The van der Waals surface area contributed by atoms with Gasteiger partial charge >= 0.3 is 0 Å². The van der Waals surface area contributed by atoms with Gasteiger partial charge in [0.1, 0.15) is 6.54 Å². The maximum Gasteiger partial charge on any atom is 0.275 e. The van der Waals surface area contributed by atoms with Crippen LogP contribution in [-0.4, -0.2) is 65.3 Å². The number of benzene rings is 2. The van der Waals surface area contributed by atoms with Crippen LogP contribution in [0.25, 0.3) is 10.8 Å². The van der Waals surface area contributed by atoms with E-state index in [2.05, 4.69) is 27.3 Å². The first-order valence-electron chi connectivity index (χ1n) is 10.7. The lowest BCUT2D eigenvalue weighted by atomic mass is 10.1. The highest BCUT2D eigenvalue weighted by atomic mass is 16.2. The van der Waals surface area contributed by atoms with Gasteiger partial charge in [-0.1, -0.05) is 48.5 Å². The maximum atomic E-state index is 13.0. The molecule has 1 atom stereocenters. The normalized spacial score (nSPS) is 16.3. The van der Waals surface area contributed by atoms with Crippen LogP contribution in [0.2, 0.25) is 0 Å². The van der Waals surface area contributed by atoms with E-state index < -0.39 is 0 Å². The summed E-state index contributed by atoms with van der Waals surface area (Å²) in [7, 11) is 2.13. The molecule has 0 saturated carbocycles. The number of amides is 1. The van der Waals surface area contributed by atoms with Crippen LogP contribution in [0.5, 0.6) is 0 Å². The minimum Gasteiger partial charge on any atom is -0.346 e. The Morgan fingerprint density at radius 2 is 1.65 bits per heavy atom. The van der Waals surface area contributed by atoms with Gasteiger partial charge in [0, 0.05) is 38.1 Å². The first kappa shape index (κ1) is 21.2. The average molecular weight is 420 g/mol. The Hall–Kier alpha value is -3.03. The number of likely N-dealkylation sites (N-methyl/N-ethyl adjacent to an activating group) is 1. The van der Waals surface area contributed by atoms with Crippen LogP contribution in [0, 0.1) is 6.92 Å². The summed E-state index contributed by atoms with van der Waals surface area (Å²) < 4.78 is 1.27. The molecular weight excluding hydrogens is 390 g/mol. The fraction of sp³-hybridized carbons (Fsp3) is 0.375. The third kappa shape index (κ3) is 5.00. The molecule has 0 aliphatic carbocycles. The van der Waals surface area contributed by atoms with Crippen molar-refractivity contribution in [2.24, 2.45) is 0 Å². The molecule has 7 heteroatoms. The number of hydrogen-bond acceptors (Lipinski definition) is 5. The Labute approximate surface area is 182 Å². The molecule has 162 valence electrons. The number of carbonyl (C=O) groups is 1. The van der Waals surface area contributed by atoms with E-state index >= 15 is 0 Å². The van der Waals surface area contributed by atoms with Crippen molar-refractivity contribution in [3.05, 3.63) is 76.2 Å². The predicted octanol–water partition coefficient (Wildman–Crippen LogP) is 1.81. The number of aryl methyl sites for hydroxylation is 1. The van der Waals surface area contributed by atoms with Gasteiger partial charge in [0.25, 0.3) is 5.56 Å². The molecule has 2 heterocycles. The molecular formula is C24H29N5O2. The van der Waals surface area contributed by atoms with Crippen molar-refractivity contribution in [2.75, 3.05) is 39.8 Å². The highest BCUT2D eigenvalue weighted by Gasteiger charge is 2.22. The predicted molar refractivity (Wildman–Crippen MR) is 122 cm³/mol. The number of nitrogens with one attached hydrogen (secondary N) is 1. The topological polar surface area (TPSA) is 70.5 Å². The standard InChI is InChI=1S/C24H29N5O2/c1-18-20-10-6-7-11-21(20)24(31)29(26-18)17-23(30)25-22(19-8-4-3-5-9-19)16-28-14-12-27(2)13-15-28/h3-11,22H,12-17H2,1-2H3,(H,25,30). The van der Waals surface area contributed by atoms with Crippen molar-refractivity contribution >= 4 is 16.7 Å². The van der Waals surface area contributed by atoms with E-state index in [0.29, 0.717) is 5.39 Å². The molecule has 1 amide bonds. The highest BCUT2D eigenvalue weighted by Crippen LogP contribution is 2.16. The number of fused-ring (bicyclic) bond motifs is 1. The Morgan fingerprint density at radius 1 is 1.00 bits per heavy atom. The molecule has 0 spiro atoms. The van der Waals surface area contributed by atoms with Crippen LogP contribution in [0.15, 0.2) is 59.4 Å². The summed E-state index contributed by atoms with van der Waals surface area (Å²) in [6, 6.07) is 17.2. The van der Waals surface area contributed by atoms with E-state index in [9.17, 15) is 9.59 Å². The molecule has 1 unspecified atom stereocenters. The van der Waals surface area contributed by atoms with Gasteiger partial charge in [-0.25, -0.2) is 4.68 Å². The zero-order chi connectivity index (χ0) is 21.8. The molecule has 1 aromatic heterocycles. The van der Waals surface area contributed by atoms with Gasteiger partial charge in [-0.2, -0.15) is 5.10 Å². The quantitative estimate of drug-likeness (QED) is 0.660. The molecule has 2 aromatic carbocycles. The van der Waals surface area contributed by atoms with Gasteiger partial charge < -0.3 is 10.2 Å². The first-order chi connectivity index (χ1) is 15.0. The second kappa shape index (κ2) is 9.41. The molecule has 1 saturated heterocycles. The first-order valence-corrected chi connectivity index (χ1v) is 10.7. The lowest BCUT2D eigenvalue weighted by Crippen LogP contribution is -2.48. The molecule has 1 fully saturated rings. The summed E-state index contributed by atoms with van der Waals surface area (Å²) >= 11 is 0. The third-order valence-corrected chi connectivity index (χ3v) is 5.92. The second-order valence-electron chi connectivity index (χ2n) is 8.23. The van der Waals surface area contributed by atoms with Gasteiger partial charge in [0.15, 0.2) is 0 Å². The fourth-order valence-corrected chi connectivity index (χ4v) is 4.10. The van der Waals surface area contributed by atoms with Crippen molar-refractivity contribution in [1.29, 1.82) is 0 Å². The number of piperazine rings is 1. The maximum absolute atomic E-state index is 13.0. The highest BCUT2D eigenvalue weighted by molar-refractivity contribution is 5.83. The molecule has 0 bridgehead atoms. The Morgan fingerprint density at radius 3 is 2.35 bits per heavy atom. The molecule has 1 N–H and O–H groups in total. The molecule has 4 rings (SSSR count). The third-order valence-electron chi connectivity index (χ3n) is 5.92. The number of rotatable bonds is 6. The molecule has 1 aliphatic heterocycles.